The van der Waals surface area contributed by atoms with Crippen LogP contribution < -0.4 is 0 Å². The van der Waals surface area contributed by atoms with Crippen molar-refractivity contribution in [2.45, 2.75) is 89.8 Å². The van der Waals surface area contributed by atoms with Gasteiger partial charge in [0.25, 0.3) is 5.09 Å². The summed E-state index contributed by atoms with van der Waals surface area (Å²) in [5.74, 6) is -0.549. The van der Waals surface area contributed by atoms with Gasteiger partial charge in [-0.05, 0) is 35.2 Å². The molecule has 0 spiro atoms. The summed E-state index contributed by atoms with van der Waals surface area (Å²) in [4.78, 5) is 57.8. The van der Waals surface area contributed by atoms with Crippen LogP contribution in [-0.2, 0) is 51.0 Å². The van der Waals surface area contributed by atoms with Gasteiger partial charge in [0, 0.05) is 25.5 Å². The average Bonchev–Trinajstić information content (AvgIpc) is 3.94. The van der Waals surface area contributed by atoms with Gasteiger partial charge in [-0.15, -0.1) is 20.3 Å². The van der Waals surface area contributed by atoms with Crippen molar-refractivity contribution in [2.24, 2.45) is 0 Å². The summed E-state index contributed by atoms with van der Waals surface area (Å²) in [5.41, 5.74) is 3.50. The topological polar surface area (TPSA) is 231 Å². The first-order chi connectivity index (χ1) is 26.5. The number of H-pyrrole nitrogens is 1. The maximum absolute atomic E-state index is 13.5. The number of nitrogens with one attached hydrogen (secondary N) is 1. The fourth-order valence-electron chi connectivity index (χ4n) is 6.32. The number of benzene rings is 2. The Balaban J connectivity index is 1.06. The number of unbranched alkanes of at least 4 members (excludes halogenated alkanes) is 1. The molecule has 2 aromatic carbocycles. The molecule has 4 unspecified atom stereocenters. The van der Waals surface area contributed by atoms with E-state index >= 15 is 0 Å². The van der Waals surface area contributed by atoms with Gasteiger partial charge >= 0.3 is 18.1 Å². The Kier molecular flexibility index (Phi) is 12.5. The van der Waals surface area contributed by atoms with E-state index in [1.807, 2.05) is 55.5 Å². The Bertz CT molecular complexity index is 1980. The molecule has 4 heterocycles. The molecule has 2 fully saturated rings. The van der Waals surface area contributed by atoms with Gasteiger partial charge in [-0.25, -0.2) is 14.6 Å². The molecule has 1 N–H and O–H groups in total. The summed E-state index contributed by atoms with van der Waals surface area (Å²) in [6, 6.07) is 15.5. The molecule has 2 aliphatic heterocycles. The first kappa shape index (κ1) is 39.0. The zero-order valence-corrected chi connectivity index (χ0v) is 30.7. The predicted octanol–water partition coefficient (Wildman–Crippen LogP) is 4.50. The first-order valence-corrected chi connectivity index (χ1v) is 17.9. The van der Waals surface area contributed by atoms with Crippen LogP contribution in [0.4, 0.5) is 4.79 Å². The highest BCUT2D eigenvalue weighted by Crippen LogP contribution is 2.32. The summed E-state index contributed by atoms with van der Waals surface area (Å²) in [7, 11) is 0. The molecule has 2 saturated heterocycles. The molecule has 0 aliphatic carbocycles. The number of aromatic amines is 1. The lowest BCUT2D eigenvalue weighted by Crippen LogP contribution is -2.37. The zero-order chi connectivity index (χ0) is 39.1. The Morgan fingerprint density at radius 3 is 2.36 bits per heavy atom. The van der Waals surface area contributed by atoms with Gasteiger partial charge in [-0.3, -0.25) is 4.79 Å². The minimum Gasteiger partial charge on any atom is -0.457 e. The minimum atomic E-state index is -1.39. The van der Waals surface area contributed by atoms with Gasteiger partial charge in [-0.2, -0.15) is 5.21 Å². The van der Waals surface area contributed by atoms with Crippen molar-refractivity contribution in [3.05, 3.63) is 80.9 Å². The van der Waals surface area contributed by atoms with Gasteiger partial charge in [0.2, 0.25) is 12.1 Å². The number of imidazole rings is 1. The average molecular weight is 784 g/mol. The standard InChI is InChI=1S/C35H38ClN7O12/c1-4-5-10-27-37-32(36)29(42(27)16-21-11-13-22(14-12-21)23-8-6-7-9-24(23)33-38-40-41-39-33)34(45)51-20(3)52-35(46)54-26-18-50-30-25(17-49-31(26)30)53-28(44)15-19(2)55-43(47)48/h6-9,11-14,19-20,25-26,30-31H,4-5,10,15-18H2,1-3H3,(H,38,39,40,41)/t19?,20?,25-,26-,30?,31?/m0/s1. The normalized spacial score (nSPS) is 19.9. The highest BCUT2D eigenvalue weighted by atomic mass is 35.5. The second kappa shape index (κ2) is 17.7. The summed E-state index contributed by atoms with van der Waals surface area (Å²) in [6.07, 6.45) is -4.97. The number of tetrazole rings is 1. The number of fused-ring (bicyclic) bond motifs is 1. The molecular formula is C35H38ClN7O12. The van der Waals surface area contributed by atoms with Crippen LogP contribution >= 0.6 is 11.6 Å². The summed E-state index contributed by atoms with van der Waals surface area (Å²) in [5, 5.41) is 23.8. The van der Waals surface area contributed by atoms with Crippen LogP contribution in [0.1, 0.15) is 61.9 Å². The molecular weight excluding hydrogens is 746 g/mol. The molecule has 4 aromatic rings. The zero-order valence-electron chi connectivity index (χ0n) is 30.0. The molecule has 0 bridgehead atoms. The van der Waals surface area contributed by atoms with Crippen LogP contribution in [0.2, 0.25) is 5.15 Å². The SMILES string of the molecule is CCCCc1nc(Cl)c(C(=O)OC(C)OC(=O)O[C@H]2COC3C2OC[C@@H]3OC(=O)CC(C)O[N+](=O)[O-])n1Cc1ccc(-c2ccccc2-c2nn[nH]n2)cc1. The predicted molar refractivity (Wildman–Crippen MR) is 188 cm³/mol. The van der Waals surface area contributed by atoms with Crippen molar-refractivity contribution in [1.82, 2.24) is 30.2 Å². The molecule has 20 heteroatoms. The van der Waals surface area contributed by atoms with Crippen LogP contribution in [0.15, 0.2) is 48.5 Å². The number of aryl methyl sites for hydroxylation is 1. The molecule has 6 atom stereocenters. The van der Waals surface area contributed by atoms with E-state index in [1.54, 1.807) is 4.57 Å². The van der Waals surface area contributed by atoms with Crippen molar-refractivity contribution in [3.63, 3.8) is 0 Å². The van der Waals surface area contributed by atoms with Crippen molar-refractivity contribution in [3.8, 4) is 22.5 Å². The number of carbonyl (C=O) groups is 3. The highest BCUT2D eigenvalue weighted by molar-refractivity contribution is 6.32. The van der Waals surface area contributed by atoms with Crippen molar-refractivity contribution in [2.75, 3.05) is 13.2 Å². The third-order valence-corrected chi connectivity index (χ3v) is 9.08. The van der Waals surface area contributed by atoms with E-state index in [-0.39, 0.29) is 37.0 Å². The molecule has 0 amide bonds. The summed E-state index contributed by atoms with van der Waals surface area (Å²) < 4.78 is 34.5. The maximum Gasteiger partial charge on any atom is 0.511 e. The van der Waals surface area contributed by atoms with Crippen molar-refractivity contribution < 1.29 is 52.7 Å². The smallest absolute Gasteiger partial charge is 0.457 e. The molecule has 292 valence electrons. The monoisotopic (exact) mass is 783 g/mol. The lowest BCUT2D eigenvalue weighted by molar-refractivity contribution is -0.767. The fourth-order valence-corrected chi connectivity index (χ4v) is 6.60. The second-order valence-corrected chi connectivity index (χ2v) is 13.2. The third-order valence-electron chi connectivity index (χ3n) is 8.82. The number of esters is 2. The quantitative estimate of drug-likeness (QED) is 0.0542. The van der Waals surface area contributed by atoms with Crippen LogP contribution in [0, 0.1) is 10.1 Å². The third kappa shape index (κ3) is 9.53. The lowest BCUT2D eigenvalue weighted by Gasteiger charge is -2.19. The van der Waals surface area contributed by atoms with E-state index in [0.717, 1.165) is 35.1 Å². The highest BCUT2D eigenvalue weighted by Gasteiger charge is 2.51. The maximum atomic E-state index is 13.5. The number of hydrogen-bond donors (Lipinski definition) is 1. The number of ether oxygens (including phenoxy) is 6. The molecule has 55 heavy (non-hydrogen) atoms. The van der Waals surface area contributed by atoms with Gasteiger partial charge in [-0.1, -0.05) is 73.5 Å². The number of halogens is 1. The lowest BCUT2D eigenvalue weighted by atomic mass is 9.98. The molecule has 6 rings (SSSR count). The van der Waals surface area contributed by atoms with Crippen LogP contribution in [0.25, 0.3) is 22.5 Å². The Morgan fingerprint density at radius 1 is 1.02 bits per heavy atom. The van der Waals surface area contributed by atoms with Crippen LogP contribution in [0.5, 0.6) is 0 Å². The van der Waals surface area contributed by atoms with Gasteiger partial charge in [0.05, 0.1) is 19.6 Å². The summed E-state index contributed by atoms with van der Waals surface area (Å²) in [6.45, 7) is 4.85. The molecule has 19 nitrogen and oxygen atoms in total. The van der Waals surface area contributed by atoms with Crippen LogP contribution in [0.3, 0.4) is 0 Å². The number of rotatable bonds is 16. The van der Waals surface area contributed by atoms with E-state index in [2.05, 4.69) is 30.4 Å². The van der Waals surface area contributed by atoms with E-state index in [0.29, 0.717) is 18.1 Å². The molecule has 2 aromatic heterocycles. The Morgan fingerprint density at radius 2 is 1.71 bits per heavy atom. The summed E-state index contributed by atoms with van der Waals surface area (Å²) >= 11 is 6.53. The van der Waals surface area contributed by atoms with E-state index in [9.17, 15) is 24.5 Å². The van der Waals surface area contributed by atoms with E-state index in [4.69, 9.17) is 40.0 Å². The van der Waals surface area contributed by atoms with Crippen molar-refractivity contribution >= 4 is 29.7 Å². The number of carbonyl (C=O) groups excluding carboxylic acids is 3. The number of hydrogen-bond acceptors (Lipinski definition) is 16. The second-order valence-electron chi connectivity index (χ2n) is 12.8. The Labute approximate surface area is 318 Å². The van der Waals surface area contributed by atoms with E-state index < -0.39 is 60.0 Å². The molecule has 2 aliphatic rings. The largest absolute Gasteiger partial charge is 0.511 e. The van der Waals surface area contributed by atoms with E-state index in [1.165, 1.54) is 13.8 Å². The van der Waals surface area contributed by atoms with Gasteiger partial charge in [0.1, 0.15) is 24.1 Å². The minimum absolute atomic E-state index is 0.00516. The van der Waals surface area contributed by atoms with Gasteiger partial charge < -0.3 is 37.8 Å². The number of aromatic nitrogens is 6. The van der Waals surface area contributed by atoms with Crippen molar-refractivity contribution in [1.29, 1.82) is 0 Å². The fraction of sp³-hybridized carbons (Fsp3) is 0.457. The molecule has 0 radical (unpaired) electrons. The van der Waals surface area contributed by atoms with Gasteiger partial charge in [0.15, 0.2) is 23.1 Å². The number of nitrogens with zero attached hydrogens (tertiary/aromatic N) is 6. The first-order valence-electron chi connectivity index (χ1n) is 17.5. The Hall–Kier alpha value is -5.66. The molecule has 0 saturated carbocycles. The van der Waals surface area contributed by atoms with Crippen LogP contribution in [-0.4, -0.2) is 103 Å².